The maximum atomic E-state index is 12.7. The summed E-state index contributed by atoms with van der Waals surface area (Å²) in [5.74, 6) is 0.957. The Labute approximate surface area is 158 Å². The highest BCUT2D eigenvalue weighted by Crippen LogP contribution is 2.28. The molecule has 0 spiro atoms. The van der Waals surface area contributed by atoms with Gasteiger partial charge in [0.2, 0.25) is 5.91 Å². The van der Waals surface area contributed by atoms with Crippen LogP contribution in [0.5, 0.6) is 5.75 Å². The molecule has 138 valence electrons. The van der Waals surface area contributed by atoms with Crippen LogP contribution in [0, 0.1) is 0 Å². The van der Waals surface area contributed by atoms with E-state index in [9.17, 15) is 4.79 Å². The van der Waals surface area contributed by atoms with Crippen molar-refractivity contribution in [3.8, 4) is 5.75 Å². The molecule has 27 heavy (non-hydrogen) atoms. The van der Waals surface area contributed by atoms with Crippen LogP contribution in [0.15, 0.2) is 60.9 Å². The van der Waals surface area contributed by atoms with E-state index in [0.29, 0.717) is 26.1 Å². The summed E-state index contributed by atoms with van der Waals surface area (Å²) < 4.78 is 11.2. The van der Waals surface area contributed by atoms with Crippen molar-refractivity contribution in [2.24, 2.45) is 0 Å². The number of hydrogen-bond acceptors (Lipinski definition) is 4. The summed E-state index contributed by atoms with van der Waals surface area (Å²) in [6.45, 7) is 1.74. The molecule has 3 aromatic rings. The van der Waals surface area contributed by atoms with Crippen LogP contribution in [0.4, 0.5) is 0 Å². The highest BCUT2D eigenvalue weighted by Gasteiger charge is 2.25. The van der Waals surface area contributed by atoms with Crippen LogP contribution in [0.3, 0.4) is 0 Å². The second-order valence-corrected chi connectivity index (χ2v) is 6.71. The molecule has 1 aliphatic rings. The Morgan fingerprint density at radius 1 is 1.22 bits per heavy atom. The second-order valence-electron chi connectivity index (χ2n) is 6.71. The molecule has 0 saturated carbocycles. The summed E-state index contributed by atoms with van der Waals surface area (Å²) in [4.78, 5) is 18.6. The highest BCUT2D eigenvalue weighted by atomic mass is 16.5. The number of fused-ring (bicyclic) bond motifs is 1. The number of aromatic nitrogens is 1. The average Bonchev–Trinajstić information content (AvgIpc) is 2.73. The Morgan fingerprint density at radius 3 is 2.89 bits per heavy atom. The molecule has 1 amide bonds. The van der Waals surface area contributed by atoms with Crippen LogP contribution in [0.2, 0.25) is 0 Å². The molecule has 1 fully saturated rings. The van der Waals surface area contributed by atoms with Gasteiger partial charge < -0.3 is 14.4 Å². The zero-order valence-electron chi connectivity index (χ0n) is 15.3. The molecule has 2 aromatic carbocycles. The lowest BCUT2D eigenvalue weighted by Crippen LogP contribution is -2.43. The molecule has 2 heterocycles. The van der Waals surface area contributed by atoms with E-state index in [4.69, 9.17) is 9.47 Å². The zero-order chi connectivity index (χ0) is 18.6. The minimum atomic E-state index is -0.108. The number of methoxy groups -OCH3 is 1. The third-order valence-electron chi connectivity index (χ3n) is 4.94. The number of pyridine rings is 1. The van der Waals surface area contributed by atoms with Gasteiger partial charge in [0.25, 0.3) is 0 Å². The predicted molar refractivity (Wildman–Crippen MR) is 104 cm³/mol. The number of rotatable bonds is 4. The number of ether oxygens (including phenoxy) is 2. The van der Waals surface area contributed by atoms with Crippen molar-refractivity contribution in [3.05, 3.63) is 72.1 Å². The van der Waals surface area contributed by atoms with E-state index < -0.39 is 0 Å². The molecule has 1 saturated heterocycles. The smallest absolute Gasteiger partial charge is 0.227 e. The molecule has 0 radical (unpaired) electrons. The minimum absolute atomic E-state index is 0.108. The molecule has 5 nitrogen and oxygen atoms in total. The van der Waals surface area contributed by atoms with Gasteiger partial charge in [-0.3, -0.25) is 9.78 Å². The number of morpholine rings is 1. The van der Waals surface area contributed by atoms with Gasteiger partial charge in [0.1, 0.15) is 11.9 Å². The van der Waals surface area contributed by atoms with E-state index in [1.165, 1.54) is 0 Å². The van der Waals surface area contributed by atoms with Crippen molar-refractivity contribution in [1.29, 1.82) is 0 Å². The van der Waals surface area contributed by atoms with Crippen LogP contribution in [0.1, 0.15) is 17.2 Å². The third kappa shape index (κ3) is 3.93. The van der Waals surface area contributed by atoms with E-state index in [1.54, 1.807) is 19.5 Å². The van der Waals surface area contributed by atoms with Gasteiger partial charge in [-0.2, -0.15) is 0 Å². The second kappa shape index (κ2) is 7.76. The molecule has 1 aliphatic heterocycles. The predicted octanol–water partition coefficient (Wildman–Crippen LogP) is 3.39. The topological polar surface area (TPSA) is 51.7 Å². The van der Waals surface area contributed by atoms with Crippen molar-refractivity contribution in [2.45, 2.75) is 12.5 Å². The fourth-order valence-corrected chi connectivity index (χ4v) is 3.44. The fraction of sp³-hybridized carbons (Fsp3) is 0.273. The van der Waals surface area contributed by atoms with Crippen molar-refractivity contribution in [3.63, 3.8) is 0 Å². The summed E-state index contributed by atoms with van der Waals surface area (Å²) in [5.41, 5.74) is 2.02. The van der Waals surface area contributed by atoms with Gasteiger partial charge in [-0.1, -0.05) is 24.3 Å². The van der Waals surface area contributed by atoms with E-state index in [0.717, 1.165) is 27.6 Å². The summed E-state index contributed by atoms with van der Waals surface area (Å²) in [6, 6.07) is 16.1. The van der Waals surface area contributed by atoms with Gasteiger partial charge in [0.05, 0.1) is 26.7 Å². The average molecular weight is 362 g/mol. The van der Waals surface area contributed by atoms with Crippen molar-refractivity contribution in [2.75, 3.05) is 26.8 Å². The largest absolute Gasteiger partial charge is 0.497 e. The van der Waals surface area contributed by atoms with Crippen molar-refractivity contribution in [1.82, 2.24) is 9.88 Å². The van der Waals surface area contributed by atoms with E-state index in [1.807, 2.05) is 35.2 Å². The Bertz CT molecular complexity index is 943. The molecule has 0 bridgehead atoms. The van der Waals surface area contributed by atoms with Gasteiger partial charge in [-0.25, -0.2) is 0 Å². The van der Waals surface area contributed by atoms with Crippen molar-refractivity contribution >= 4 is 16.7 Å². The van der Waals surface area contributed by atoms with Gasteiger partial charge in [0.15, 0.2) is 0 Å². The molecule has 1 aromatic heterocycles. The van der Waals surface area contributed by atoms with Crippen LogP contribution in [0.25, 0.3) is 10.8 Å². The zero-order valence-corrected chi connectivity index (χ0v) is 15.3. The summed E-state index contributed by atoms with van der Waals surface area (Å²) in [5, 5.41) is 2.26. The van der Waals surface area contributed by atoms with E-state index in [2.05, 4.69) is 23.2 Å². The molecule has 0 aliphatic carbocycles. The van der Waals surface area contributed by atoms with Crippen molar-refractivity contribution < 1.29 is 14.3 Å². The normalized spacial score (nSPS) is 17.1. The molecular weight excluding hydrogens is 340 g/mol. The number of hydrogen-bond donors (Lipinski definition) is 0. The molecule has 0 N–H and O–H groups in total. The lowest BCUT2D eigenvalue weighted by Gasteiger charge is -2.33. The number of amides is 1. The van der Waals surface area contributed by atoms with Crippen LogP contribution in [-0.2, 0) is 16.0 Å². The number of carbonyl (C=O) groups is 1. The molecule has 4 rings (SSSR count). The SMILES string of the molecule is COc1ccc2cc(C3CN(C(=O)Cc4cccnc4)CCO3)ccc2c1. The molecule has 1 unspecified atom stereocenters. The fourth-order valence-electron chi connectivity index (χ4n) is 3.44. The lowest BCUT2D eigenvalue weighted by molar-refractivity contribution is -0.138. The van der Waals surface area contributed by atoms with Crippen LogP contribution in [-0.4, -0.2) is 42.6 Å². The summed E-state index contributed by atoms with van der Waals surface area (Å²) in [6.07, 6.45) is 3.72. The van der Waals surface area contributed by atoms with Crippen LogP contribution >= 0.6 is 0 Å². The van der Waals surface area contributed by atoms with Gasteiger partial charge in [-0.05, 0) is 46.2 Å². The summed E-state index contributed by atoms with van der Waals surface area (Å²) >= 11 is 0. The lowest BCUT2D eigenvalue weighted by atomic mass is 10.0. The third-order valence-corrected chi connectivity index (χ3v) is 4.94. The first-order valence-electron chi connectivity index (χ1n) is 9.09. The number of carbonyl (C=O) groups excluding carboxylic acids is 1. The maximum Gasteiger partial charge on any atom is 0.227 e. The monoisotopic (exact) mass is 362 g/mol. The van der Waals surface area contributed by atoms with E-state index >= 15 is 0 Å². The first kappa shape index (κ1) is 17.5. The quantitative estimate of drug-likeness (QED) is 0.714. The molecular formula is C22H22N2O3. The highest BCUT2D eigenvalue weighted by molar-refractivity contribution is 5.84. The first-order valence-corrected chi connectivity index (χ1v) is 9.09. The molecule has 5 heteroatoms. The minimum Gasteiger partial charge on any atom is -0.497 e. The Balaban J connectivity index is 1.49. The van der Waals surface area contributed by atoms with Gasteiger partial charge >= 0.3 is 0 Å². The maximum absolute atomic E-state index is 12.7. The Morgan fingerprint density at radius 2 is 2.07 bits per heavy atom. The molecule has 1 atom stereocenters. The Kier molecular flexibility index (Phi) is 5.03. The summed E-state index contributed by atoms with van der Waals surface area (Å²) in [7, 11) is 1.67. The van der Waals surface area contributed by atoms with Crippen LogP contribution < -0.4 is 4.74 Å². The van der Waals surface area contributed by atoms with Gasteiger partial charge in [0, 0.05) is 18.9 Å². The number of nitrogens with zero attached hydrogens (tertiary/aromatic N) is 2. The first-order chi connectivity index (χ1) is 13.2. The van der Waals surface area contributed by atoms with E-state index in [-0.39, 0.29) is 12.0 Å². The standard InChI is InChI=1S/C22H22N2O3/c1-26-20-7-6-17-12-19(5-4-18(17)13-20)21-15-24(9-10-27-21)22(25)11-16-3-2-8-23-14-16/h2-8,12-14,21H,9-11,15H2,1H3. The van der Waals surface area contributed by atoms with Gasteiger partial charge in [-0.15, -0.1) is 0 Å². The Hall–Kier alpha value is -2.92. The number of benzene rings is 2.